The van der Waals surface area contributed by atoms with Crippen LogP contribution in [0.15, 0.2) is 18.2 Å². The molecule has 0 unspecified atom stereocenters. The predicted octanol–water partition coefficient (Wildman–Crippen LogP) is 1.89. The molecule has 0 amide bonds. The molecule has 5 heteroatoms. The minimum Gasteiger partial charge on any atom is -0.478 e. The number of nitrogens with one attached hydrogen (secondary N) is 1. The number of carboxylic acid groups (broad SMARTS) is 1. The van der Waals surface area contributed by atoms with Crippen molar-refractivity contribution < 1.29 is 14.6 Å². The van der Waals surface area contributed by atoms with Crippen molar-refractivity contribution >= 4 is 5.97 Å². The highest BCUT2D eigenvalue weighted by Gasteiger charge is 2.27. The number of morpholine rings is 1. The van der Waals surface area contributed by atoms with Crippen LogP contribution in [-0.4, -0.2) is 54.4 Å². The van der Waals surface area contributed by atoms with E-state index < -0.39 is 5.97 Å². The molecule has 0 spiro atoms. The first-order valence-corrected chi connectivity index (χ1v) is 7.76. The molecule has 1 heterocycles. The molecule has 0 saturated carbocycles. The van der Waals surface area contributed by atoms with Crippen molar-refractivity contribution in [1.82, 2.24) is 10.2 Å². The smallest absolute Gasteiger partial charge is 0.335 e. The van der Waals surface area contributed by atoms with E-state index in [0.717, 1.165) is 50.5 Å². The van der Waals surface area contributed by atoms with Crippen molar-refractivity contribution in [3.05, 3.63) is 34.9 Å². The maximum Gasteiger partial charge on any atom is 0.335 e. The largest absolute Gasteiger partial charge is 0.478 e. The molecule has 0 atom stereocenters. The van der Waals surface area contributed by atoms with Crippen LogP contribution in [0, 0.1) is 6.92 Å². The Balaban J connectivity index is 1.87. The van der Waals surface area contributed by atoms with E-state index in [4.69, 9.17) is 9.84 Å². The van der Waals surface area contributed by atoms with Crippen LogP contribution in [0.3, 0.4) is 0 Å². The molecule has 2 rings (SSSR count). The van der Waals surface area contributed by atoms with Gasteiger partial charge in [0.15, 0.2) is 0 Å². The van der Waals surface area contributed by atoms with Crippen LogP contribution in [-0.2, 0) is 11.3 Å². The average Bonchev–Trinajstić information content (AvgIpc) is 2.47. The van der Waals surface area contributed by atoms with Gasteiger partial charge in [0.05, 0.1) is 18.8 Å². The fourth-order valence-corrected chi connectivity index (χ4v) is 2.87. The van der Waals surface area contributed by atoms with E-state index >= 15 is 0 Å². The standard InChI is InChI=1S/C17H26N2O3/c1-13-10-14(4-5-15(13)16(20)21)11-18-12-17(2,3)19-6-8-22-9-7-19/h4-5,10,18H,6-9,11-12H2,1-3H3,(H,20,21). The van der Waals surface area contributed by atoms with E-state index in [1.54, 1.807) is 6.07 Å². The quantitative estimate of drug-likeness (QED) is 0.840. The molecule has 0 aliphatic carbocycles. The van der Waals surface area contributed by atoms with Crippen LogP contribution in [0.1, 0.15) is 35.3 Å². The molecule has 22 heavy (non-hydrogen) atoms. The average molecular weight is 306 g/mol. The summed E-state index contributed by atoms with van der Waals surface area (Å²) in [5.74, 6) is -0.870. The van der Waals surface area contributed by atoms with Gasteiger partial charge in [-0.05, 0) is 38.0 Å². The summed E-state index contributed by atoms with van der Waals surface area (Å²) >= 11 is 0. The van der Waals surface area contributed by atoms with Gasteiger partial charge >= 0.3 is 5.97 Å². The third kappa shape index (κ3) is 4.29. The highest BCUT2D eigenvalue weighted by Crippen LogP contribution is 2.16. The van der Waals surface area contributed by atoms with Gasteiger partial charge in [0.25, 0.3) is 0 Å². The molecule has 1 saturated heterocycles. The van der Waals surface area contributed by atoms with Crippen LogP contribution in [0.25, 0.3) is 0 Å². The summed E-state index contributed by atoms with van der Waals surface area (Å²) in [6.07, 6.45) is 0. The molecule has 2 N–H and O–H groups in total. The molecule has 122 valence electrons. The number of rotatable bonds is 6. The lowest BCUT2D eigenvalue weighted by atomic mass is 10.0. The fraction of sp³-hybridized carbons (Fsp3) is 0.588. The van der Waals surface area contributed by atoms with Gasteiger partial charge in [0.2, 0.25) is 0 Å². The lowest BCUT2D eigenvalue weighted by Crippen LogP contribution is -2.54. The SMILES string of the molecule is Cc1cc(CNCC(C)(C)N2CCOCC2)ccc1C(=O)O. The third-order valence-electron chi connectivity index (χ3n) is 4.28. The second-order valence-electron chi connectivity index (χ2n) is 6.47. The fourth-order valence-electron chi connectivity index (χ4n) is 2.87. The van der Waals surface area contributed by atoms with Gasteiger partial charge in [-0.15, -0.1) is 0 Å². The highest BCUT2D eigenvalue weighted by molar-refractivity contribution is 5.89. The molecular formula is C17H26N2O3. The minimum atomic E-state index is -0.870. The molecule has 1 aliphatic rings. The number of nitrogens with zero attached hydrogens (tertiary/aromatic N) is 1. The van der Waals surface area contributed by atoms with E-state index in [0.29, 0.717) is 5.56 Å². The monoisotopic (exact) mass is 306 g/mol. The second-order valence-corrected chi connectivity index (χ2v) is 6.47. The first-order valence-electron chi connectivity index (χ1n) is 7.76. The first-order chi connectivity index (χ1) is 10.4. The summed E-state index contributed by atoms with van der Waals surface area (Å²) in [6, 6.07) is 5.51. The highest BCUT2D eigenvalue weighted by atomic mass is 16.5. The summed E-state index contributed by atoms with van der Waals surface area (Å²) in [5, 5.41) is 12.5. The minimum absolute atomic E-state index is 0.0832. The summed E-state index contributed by atoms with van der Waals surface area (Å²) in [7, 11) is 0. The van der Waals surface area contributed by atoms with Crippen molar-refractivity contribution in [1.29, 1.82) is 0 Å². The van der Waals surface area contributed by atoms with Crippen LogP contribution < -0.4 is 5.32 Å². The number of ether oxygens (including phenoxy) is 1. The number of benzene rings is 1. The zero-order chi connectivity index (χ0) is 16.2. The summed E-state index contributed by atoms with van der Waals surface area (Å²) in [6.45, 7) is 11.5. The summed E-state index contributed by atoms with van der Waals surface area (Å²) < 4.78 is 5.40. The van der Waals surface area contributed by atoms with E-state index in [2.05, 4.69) is 24.1 Å². The van der Waals surface area contributed by atoms with Gasteiger partial charge in [0.1, 0.15) is 0 Å². The van der Waals surface area contributed by atoms with Gasteiger partial charge in [-0.25, -0.2) is 4.79 Å². The number of carbonyl (C=O) groups is 1. The van der Waals surface area contributed by atoms with Crippen LogP contribution >= 0.6 is 0 Å². The Morgan fingerprint density at radius 1 is 1.36 bits per heavy atom. The lowest BCUT2D eigenvalue weighted by Gasteiger charge is -2.41. The molecule has 0 radical (unpaired) electrons. The summed E-state index contributed by atoms with van der Waals surface area (Å²) in [4.78, 5) is 13.5. The van der Waals surface area contributed by atoms with Crippen LogP contribution in [0.4, 0.5) is 0 Å². The zero-order valence-corrected chi connectivity index (χ0v) is 13.7. The Kier molecular flexibility index (Phi) is 5.56. The van der Waals surface area contributed by atoms with Crippen molar-refractivity contribution in [3.8, 4) is 0 Å². The molecule has 5 nitrogen and oxygen atoms in total. The molecular weight excluding hydrogens is 280 g/mol. The number of aryl methyl sites for hydroxylation is 1. The Morgan fingerprint density at radius 3 is 2.64 bits per heavy atom. The van der Waals surface area contributed by atoms with E-state index in [-0.39, 0.29) is 5.54 Å². The van der Waals surface area contributed by atoms with Crippen molar-refractivity contribution in [2.45, 2.75) is 32.9 Å². The Labute approximate surface area is 132 Å². The zero-order valence-electron chi connectivity index (χ0n) is 13.7. The molecule has 0 aromatic heterocycles. The van der Waals surface area contributed by atoms with Gasteiger partial charge in [0, 0.05) is 31.7 Å². The second kappa shape index (κ2) is 7.22. The maximum atomic E-state index is 11.0. The number of aromatic carboxylic acids is 1. The summed E-state index contributed by atoms with van der Waals surface area (Å²) in [5.41, 5.74) is 2.37. The molecule has 1 aromatic rings. The topological polar surface area (TPSA) is 61.8 Å². The third-order valence-corrected chi connectivity index (χ3v) is 4.28. The van der Waals surface area contributed by atoms with E-state index in [9.17, 15) is 4.79 Å². The molecule has 1 aromatic carbocycles. The van der Waals surface area contributed by atoms with Gasteiger partial charge < -0.3 is 15.2 Å². The molecule has 0 bridgehead atoms. The van der Waals surface area contributed by atoms with E-state index in [1.807, 2.05) is 19.1 Å². The predicted molar refractivity (Wildman–Crippen MR) is 86.3 cm³/mol. The Hall–Kier alpha value is -1.43. The lowest BCUT2D eigenvalue weighted by molar-refractivity contribution is -0.00966. The Bertz CT molecular complexity index is 523. The Morgan fingerprint density at radius 2 is 2.05 bits per heavy atom. The van der Waals surface area contributed by atoms with Gasteiger partial charge in [-0.2, -0.15) is 0 Å². The van der Waals surface area contributed by atoms with Gasteiger partial charge in [-0.3, -0.25) is 4.90 Å². The van der Waals surface area contributed by atoms with Crippen LogP contribution in [0.2, 0.25) is 0 Å². The first kappa shape index (κ1) is 16.9. The number of carboxylic acids is 1. The van der Waals surface area contributed by atoms with Crippen molar-refractivity contribution in [2.24, 2.45) is 0 Å². The van der Waals surface area contributed by atoms with Gasteiger partial charge in [-0.1, -0.05) is 12.1 Å². The molecule has 1 aliphatic heterocycles. The van der Waals surface area contributed by atoms with Crippen molar-refractivity contribution in [3.63, 3.8) is 0 Å². The molecule has 1 fully saturated rings. The van der Waals surface area contributed by atoms with Crippen LogP contribution in [0.5, 0.6) is 0 Å². The van der Waals surface area contributed by atoms with Crippen molar-refractivity contribution in [2.75, 3.05) is 32.8 Å². The normalized spacial score (nSPS) is 16.7. The maximum absolute atomic E-state index is 11.0. The van der Waals surface area contributed by atoms with E-state index in [1.165, 1.54) is 0 Å². The number of hydrogen-bond donors (Lipinski definition) is 2. The number of hydrogen-bond acceptors (Lipinski definition) is 4.